The Morgan fingerprint density at radius 2 is 1.57 bits per heavy atom. The number of thiazole rings is 1. The molecule has 0 bridgehead atoms. The lowest BCUT2D eigenvalue weighted by atomic mass is 9.81. The molecule has 7 nitrogen and oxygen atoms in total. The van der Waals surface area contributed by atoms with Gasteiger partial charge in [0.25, 0.3) is 0 Å². The van der Waals surface area contributed by atoms with Gasteiger partial charge in [0.15, 0.2) is 5.13 Å². The Hall–Kier alpha value is -3.72. The minimum Gasteiger partial charge on any atom is -0.444 e. The Balaban J connectivity index is 1.36. The quantitative estimate of drug-likeness (QED) is 0.240. The summed E-state index contributed by atoms with van der Waals surface area (Å²) in [5.41, 5.74) is -3.94. The van der Waals surface area contributed by atoms with Crippen LogP contribution in [0.3, 0.4) is 0 Å². The first-order valence-electron chi connectivity index (χ1n) is 15.8. The second-order valence-corrected chi connectivity index (χ2v) is 14.5. The molecule has 15 heteroatoms. The Bertz CT molecular complexity index is 1610. The molecule has 1 aliphatic heterocycles. The monoisotopic (exact) mass is 714 g/mol. The number of halogens is 7. The Labute approximate surface area is 283 Å². The molecular formula is C34H37F7N4O3S. The molecule has 266 valence electrons. The van der Waals surface area contributed by atoms with E-state index in [2.05, 4.69) is 20.5 Å². The number of hydrogen-bond acceptors (Lipinski definition) is 6. The van der Waals surface area contributed by atoms with Crippen molar-refractivity contribution in [1.82, 2.24) is 15.2 Å². The Morgan fingerprint density at radius 3 is 2.14 bits per heavy atom. The average molecular weight is 715 g/mol. The number of carbonyl (C=O) groups excluding carboxylic acids is 2. The third-order valence-corrected chi connectivity index (χ3v) is 9.77. The van der Waals surface area contributed by atoms with Crippen molar-refractivity contribution in [3.8, 4) is 0 Å². The summed E-state index contributed by atoms with van der Waals surface area (Å²) in [7, 11) is 0. The lowest BCUT2D eigenvalue weighted by Gasteiger charge is -2.37. The normalized spacial score (nSPS) is 21.1. The molecule has 2 atom stereocenters. The number of nitrogens with zero attached hydrogens (tertiary/aromatic N) is 2. The molecular weight excluding hydrogens is 677 g/mol. The van der Waals surface area contributed by atoms with E-state index in [0.29, 0.717) is 37.1 Å². The van der Waals surface area contributed by atoms with Crippen LogP contribution in [0.15, 0.2) is 47.8 Å². The van der Waals surface area contributed by atoms with Gasteiger partial charge < -0.3 is 15.0 Å². The molecule has 3 aromatic rings. The van der Waals surface area contributed by atoms with Gasteiger partial charge >= 0.3 is 18.4 Å². The summed E-state index contributed by atoms with van der Waals surface area (Å²) >= 11 is 1.07. The van der Waals surface area contributed by atoms with Crippen LogP contribution in [-0.2, 0) is 33.8 Å². The number of amides is 2. The maximum Gasteiger partial charge on any atom is 0.416 e. The molecule has 5 rings (SSSR count). The molecule has 2 N–H and O–H groups in total. The van der Waals surface area contributed by atoms with Gasteiger partial charge in [0.2, 0.25) is 5.91 Å². The van der Waals surface area contributed by atoms with Crippen LogP contribution < -0.4 is 10.6 Å². The highest BCUT2D eigenvalue weighted by atomic mass is 32.1. The first kappa shape index (κ1) is 36.6. The number of aromatic nitrogens is 1. The topological polar surface area (TPSA) is 83.6 Å². The second-order valence-electron chi connectivity index (χ2n) is 13.6. The van der Waals surface area contributed by atoms with E-state index in [1.54, 1.807) is 38.3 Å². The van der Waals surface area contributed by atoms with Crippen LogP contribution in [0.1, 0.15) is 86.7 Å². The number of nitrogens with one attached hydrogen (secondary N) is 2. The van der Waals surface area contributed by atoms with Gasteiger partial charge in [0.05, 0.1) is 22.2 Å². The van der Waals surface area contributed by atoms with Crippen LogP contribution in [0.25, 0.3) is 0 Å². The summed E-state index contributed by atoms with van der Waals surface area (Å²) < 4.78 is 99.6. The zero-order valence-corrected chi connectivity index (χ0v) is 27.9. The van der Waals surface area contributed by atoms with E-state index in [-0.39, 0.29) is 34.5 Å². The number of likely N-dealkylation sites (tertiary alicyclic amines) is 1. The van der Waals surface area contributed by atoms with Gasteiger partial charge in [-0.3, -0.25) is 10.1 Å². The molecule has 2 heterocycles. The number of carbonyl (C=O) groups is 2. The molecule has 2 fully saturated rings. The second kappa shape index (κ2) is 13.9. The average Bonchev–Trinajstić information content (AvgIpc) is 3.67. The van der Waals surface area contributed by atoms with Crippen LogP contribution in [-0.4, -0.2) is 46.6 Å². The molecule has 2 aliphatic rings. The summed E-state index contributed by atoms with van der Waals surface area (Å²) in [5.74, 6) is -0.640. The number of benzene rings is 2. The van der Waals surface area contributed by atoms with Gasteiger partial charge in [-0.15, -0.1) is 11.3 Å². The molecule has 1 aromatic heterocycles. The molecule has 49 heavy (non-hydrogen) atoms. The molecule has 1 aliphatic carbocycles. The maximum atomic E-state index is 14.1. The van der Waals surface area contributed by atoms with Gasteiger partial charge in [-0.25, -0.2) is 14.2 Å². The van der Waals surface area contributed by atoms with E-state index >= 15 is 0 Å². The summed E-state index contributed by atoms with van der Waals surface area (Å²) in [6.45, 7) is 5.95. The van der Waals surface area contributed by atoms with Crippen molar-refractivity contribution in [2.75, 3.05) is 18.4 Å². The highest BCUT2D eigenvalue weighted by molar-refractivity contribution is 7.14. The molecule has 2 aromatic carbocycles. The smallest absolute Gasteiger partial charge is 0.416 e. The van der Waals surface area contributed by atoms with E-state index in [9.17, 15) is 40.3 Å². The van der Waals surface area contributed by atoms with Crippen LogP contribution >= 0.6 is 11.3 Å². The molecule has 1 saturated heterocycles. The first-order chi connectivity index (χ1) is 22.8. The van der Waals surface area contributed by atoms with Gasteiger partial charge in [0.1, 0.15) is 11.4 Å². The van der Waals surface area contributed by atoms with Gasteiger partial charge in [-0.05, 0) is 113 Å². The fraction of sp³-hybridized carbons (Fsp3) is 0.500. The van der Waals surface area contributed by atoms with Crippen LogP contribution in [0, 0.1) is 5.82 Å². The fourth-order valence-corrected chi connectivity index (χ4v) is 7.43. The van der Waals surface area contributed by atoms with Crippen LogP contribution in [0.4, 0.5) is 40.7 Å². The first-order valence-corrected chi connectivity index (χ1v) is 16.7. The number of hydrogen-bond donors (Lipinski definition) is 2. The zero-order chi connectivity index (χ0) is 35.8. The van der Waals surface area contributed by atoms with E-state index < -0.39 is 53.0 Å². The fourth-order valence-electron chi connectivity index (χ4n) is 6.63. The van der Waals surface area contributed by atoms with Crippen molar-refractivity contribution in [1.29, 1.82) is 0 Å². The molecule has 0 spiro atoms. The van der Waals surface area contributed by atoms with Gasteiger partial charge in [-0.1, -0.05) is 12.1 Å². The SMILES string of the molecule is CC(C)(C)OC(=O)Nc1nc(C2(C(=O)NCc3cc(C(F)(F)F)cc(C(F)(F)F)c3)CCC(N3CCC(c4ccc(F)cc4)CC3)C2)cs1. The summed E-state index contributed by atoms with van der Waals surface area (Å²) in [4.78, 5) is 33.3. The van der Waals surface area contributed by atoms with Crippen molar-refractivity contribution in [2.24, 2.45) is 0 Å². The van der Waals surface area contributed by atoms with Crippen molar-refractivity contribution in [3.63, 3.8) is 0 Å². The highest BCUT2D eigenvalue weighted by Crippen LogP contribution is 2.45. The molecule has 1 saturated carbocycles. The predicted octanol–water partition coefficient (Wildman–Crippen LogP) is 8.65. The number of ether oxygens (including phenoxy) is 1. The lowest BCUT2D eigenvalue weighted by Crippen LogP contribution is -2.45. The minimum absolute atomic E-state index is 0.0438. The van der Waals surface area contributed by atoms with E-state index in [4.69, 9.17) is 4.74 Å². The Morgan fingerprint density at radius 1 is 0.959 bits per heavy atom. The van der Waals surface area contributed by atoms with Gasteiger partial charge in [0, 0.05) is 18.0 Å². The Kier molecular flexibility index (Phi) is 10.4. The van der Waals surface area contributed by atoms with E-state index in [0.717, 1.165) is 42.8 Å². The standard InChI is InChI=1S/C34H37F7N4O3S/c1-31(2,3)48-30(47)44-29-43-27(19-49-29)32(28(46)42-18-20-14-23(33(36,37)38)16-24(15-20)34(39,40)41)11-8-26(17-32)45-12-9-22(10-13-45)21-4-6-25(35)7-5-21/h4-7,14-16,19,22,26H,8-13,17-18H2,1-3H3,(H,42,46)(H,43,44,47). The van der Waals surface area contributed by atoms with Crippen LogP contribution in [0.5, 0.6) is 0 Å². The summed E-state index contributed by atoms with van der Waals surface area (Å²) in [6, 6.07) is 7.62. The molecule has 0 radical (unpaired) electrons. The van der Waals surface area contributed by atoms with Crippen molar-refractivity contribution in [3.05, 3.63) is 81.6 Å². The lowest BCUT2D eigenvalue weighted by molar-refractivity contribution is -0.143. The highest BCUT2D eigenvalue weighted by Gasteiger charge is 2.50. The van der Waals surface area contributed by atoms with Crippen LogP contribution in [0.2, 0.25) is 0 Å². The number of piperidine rings is 1. The van der Waals surface area contributed by atoms with Crippen molar-refractivity contribution in [2.45, 2.75) is 94.7 Å². The van der Waals surface area contributed by atoms with E-state index in [1.165, 1.54) is 12.1 Å². The zero-order valence-electron chi connectivity index (χ0n) is 27.1. The molecule has 2 amide bonds. The number of alkyl halides is 6. The minimum atomic E-state index is -5.03. The third-order valence-electron chi connectivity index (χ3n) is 9.01. The number of rotatable bonds is 7. The number of anilines is 1. The van der Waals surface area contributed by atoms with Crippen molar-refractivity contribution < 1.29 is 45.1 Å². The predicted molar refractivity (Wildman–Crippen MR) is 170 cm³/mol. The molecule has 2 unspecified atom stereocenters. The van der Waals surface area contributed by atoms with Gasteiger partial charge in [-0.2, -0.15) is 26.3 Å². The maximum absolute atomic E-state index is 14.1. The van der Waals surface area contributed by atoms with E-state index in [1.807, 2.05) is 0 Å². The van der Waals surface area contributed by atoms with Crippen molar-refractivity contribution >= 4 is 28.5 Å². The summed E-state index contributed by atoms with van der Waals surface area (Å²) in [5, 5.41) is 6.97. The third kappa shape index (κ3) is 8.91. The summed E-state index contributed by atoms with van der Waals surface area (Å²) in [6.07, 6.45) is -7.96. The largest absolute Gasteiger partial charge is 0.444 e.